The molecule has 84 heavy (non-hydrogen) atoms. The van der Waals surface area contributed by atoms with Gasteiger partial charge in [0.15, 0.2) is 19.7 Å². The molecule has 0 spiro atoms. The van der Waals surface area contributed by atoms with Crippen LogP contribution in [0.3, 0.4) is 0 Å². The van der Waals surface area contributed by atoms with Gasteiger partial charge in [0.05, 0.1) is 59.5 Å². The van der Waals surface area contributed by atoms with E-state index < -0.39 is 58.1 Å². The number of carbonyl (C=O) groups excluding carboxylic acids is 2. The Bertz CT molecular complexity index is 4260. The topological polar surface area (TPSA) is 272 Å². The fourth-order valence-electron chi connectivity index (χ4n) is 8.60. The summed E-state index contributed by atoms with van der Waals surface area (Å²) in [4.78, 5) is 34.9. The van der Waals surface area contributed by atoms with Crippen LogP contribution < -0.4 is 5.73 Å². The predicted octanol–water partition coefficient (Wildman–Crippen LogP) is 11.6. The first-order valence-electron chi connectivity index (χ1n) is 24.7. The number of nitrogens with two attached hydrogens (primary N) is 1. The average Bonchev–Trinajstić information content (AvgIpc) is 4.09. The maximum atomic E-state index is 13.1. The third kappa shape index (κ3) is 15.7. The molecule has 9 aromatic rings. The van der Waals surface area contributed by atoms with Crippen molar-refractivity contribution >= 4 is 97.8 Å². The molecular formula is C58H55Cl4N7O12S3. The summed E-state index contributed by atoms with van der Waals surface area (Å²) in [6.45, 7) is 4.67. The highest BCUT2D eigenvalue weighted by atomic mass is 35.7. The molecule has 0 saturated carbocycles. The molecule has 0 aliphatic rings. The number of anilines is 1. The Balaban J connectivity index is 0.000000188. The quantitative estimate of drug-likeness (QED) is 0.0617. The number of rotatable bonds is 13. The lowest BCUT2D eigenvalue weighted by atomic mass is 10.00. The minimum atomic E-state index is -3.89. The van der Waals surface area contributed by atoms with E-state index >= 15 is 0 Å². The van der Waals surface area contributed by atoms with Crippen molar-refractivity contribution in [1.29, 1.82) is 0 Å². The molecule has 6 aromatic carbocycles. The number of benzene rings is 6. The van der Waals surface area contributed by atoms with Gasteiger partial charge < -0.3 is 20.3 Å². The summed E-state index contributed by atoms with van der Waals surface area (Å²) in [5.74, 6) is -3.08. The number of nitrogen functional groups attached to an aromatic ring is 1. The van der Waals surface area contributed by atoms with Gasteiger partial charge in [-0.1, -0.05) is 144 Å². The van der Waals surface area contributed by atoms with Crippen LogP contribution in [0.2, 0.25) is 15.5 Å². The monoisotopic (exact) mass is 1280 g/mol. The summed E-state index contributed by atoms with van der Waals surface area (Å²) in [6, 6.07) is 43.7. The van der Waals surface area contributed by atoms with Crippen molar-refractivity contribution in [1.82, 2.24) is 29.3 Å². The maximum Gasteiger partial charge on any atom is 0.339 e. The SMILES string of the molecule is COC(=O)c1ccc(-c2ccccc2)cc1CS(=O)(=O)c1c(C)nn(C)c1Cl.COC(=O)c1ccc(-c2ccccc2)cc1N.Cc1nn(C)c(Cl)c1S(=O)(=O)Cc1cc(-c2ccccc2)ccc1C(=O)O.Cc1nn(C)c(Cl)c1S(=O)(=O)Cl. The molecule has 3 heterocycles. The first-order valence-corrected chi connectivity index (χ1v) is 31.4. The number of hydrogen-bond acceptors (Lipinski definition) is 15. The van der Waals surface area contributed by atoms with E-state index in [2.05, 4.69) is 20.0 Å². The molecule has 440 valence electrons. The first kappa shape index (κ1) is 65.3. The third-order valence-electron chi connectivity index (χ3n) is 12.5. The smallest absolute Gasteiger partial charge is 0.339 e. The minimum absolute atomic E-state index is 0.00332. The molecule has 9 rings (SSSR count). The molecule has 3 aromatic heterocycles. The second-order valence-corrected chi connectivity index (χ2v) is 25.8. The van der Waals surface area contributed by atoms with Gasteiger partial charge in [0, 0.05) is 37.5 Å². The lowest BCUT2D eigenvalue weighted by molar-refractivity contribution is 0.0592. The Hall–Kier alpha value is -7.83. The van der Waals surface area contributed by atoms with Crippen LogP contribution in [0.25, 0.3) is 33.4 Å². The lowest BCUT2D eigenvalue weighted by Gasteiger charge is -2.12. The largest absolute Gasteiger partial charge is 0.478 e. The van der Waals surface area contributed by atoms with Crippen LogP contribution in [0, 0.1) is 20.8 Å². The van der Waals surface area contributed by atoms with Gasteiger partial charge in [0.1, 0.15) is 30.1 Å². The number of carbonyl (C=O) groups is 3. The number of aromatic nitrogens is 6. The van der Waals surface area contributed by atoms with Gasteiger partial charge in [-0.2, -0.15) is 15.3 Å². The first-order chi connectivity index (χ1) is 39.5. The van der Waals surface area contributed by atoms with Gasteiger partial charge in [0.2, 0.25) is 0 Å². The van der Waals surface area contributed by atoms with Gasteiger partial charge in [0.25, 0.3) is 9.05 Å². The number of carboxylic acids is 1. The number of aromatic carboxylic acids is 1. The minimum Gasteiger partial charge on any atom is -0.478 e. The number of sulfone groups is 2. The summed E-state index contributed by atoms with van der Waals surface area (Å²) in [5.41, 5.74) is 13.6. The normalized spacial score (nSPS) is 11.2. The van der Waals surface area contributed by atoms with Gasteiger partial charge in [-0.25, -0.2) is 39.6 Å². The van der Waals surface area contributed by atoms with Gasteiger partial charge in [-0.3, -0.25) is 14.0 Å². The molecule has 0 aliphatic heterocycles. The lowest BCUT2D eigenvalue weighted by Crippen LogP contribution is -2.12. The molecule has 0 atom stereocenters. The van der Waals surface area contributed by atoms with E-state index in [0.29, 0.717) is 28.2 Å². The zero-order chi connectivity index (χ0) is 62.0. The van der Waals surface area contributed by atoms with E-state index in [9.17, 15) is 44.7 Å². The van der Waals surface area contributed by atoms with E-state index in [-0.39, 0.29) is 52.5 Å². The van der Waals surface area contributed by atoms with Crippen molar-refractivity contribution in [3.63, 3.8) is 0 Å². The van der Waals surface area contributed by atoms with Crippen molar-refractivity contribution < 1.29 is 54.2 Å². The van der Waals surface area contributed by atoms with E-state index in [1.54, 1.807) is 77.5 Å². The highest BCUT2D eigenvalue weighted by molar-refractivity contribution is 8.13. The Morgan fingerprint density at radius 1 is 0.476 bits per heavy atom. The van der Waals surface area contributed by atoms with E-state index in [1.165, 1.54) is 41.3 Å². The van der Waals surface area contributed by atoms with Crippen LogP contribution in [0.4, 0.5) is 5.69 Å². The van der Waals surface area contributed by atoms with Crippen LogP contribution in [0.1, 0.15) is 59.3 Å². The number of nitrogens with zero attached hydrogens (tertiary/aromatic N) is 6. The van der Waals surface area contributed by atoms with Crippen molar-refractivity contribution in [2.75, 3.05) is 20.0 Å². The Labute approximate surface area is 505 Å². The number of hydrogen-bond donors (Lipinski definition) is 2. The van der Waals surface area contributed by atoms with E-state index in [4.69, 9.17) is 56.0 Å². The van der Waals surface area contributed by atoms with Crippen molar-refractivity contribution in [2.45, 2.75) is 47.0 Å². The second-order valence-electron chi connectivity index (χ2n) is 18.4. The number of halogens is 4. The number of ether oxygens (including phenoxy) is 2. The van der Waals surface area contributed by atoms with Gasteiger partial charge >= 0.3 is 17.9 Å². The maximum absolute atomic E-state index is 13.1. The zero-order valence-corrected chi connectivity index (χ0v) is 51.7. The van der Waals surface area contributed by atoms with Crippen molar-refractivity contribution in [3.05, 3.63) is 206 Å². The molecule has 26 heteroatoms. The summed E-state index contributed by atoms with van der Waals surface area (Å²) in [5, 5.41) is 21.4. The van der Waals surface area contributed by atoms with Crippen molar-refractivity contribution in [3.8, 4) is 33.4 Å². The fraction of sp³-hybridized carbons (Fsp3) is 0.172. The summed E-state index contributed by atoms with van der Waals surface area (Å²) < 4.78 is 87.2. The Kier molecular flexibility index (Phi) is 21.5. The molecule has 0 bridgehead atoms. The second kappa shape index (κ2) is 27.7. The van der Waals surface area contributed by atoms with Crippen molar-refractivity contribution in [2.24, 2.45) is 21.1 Å². The number of aryl methyl sites for hydroxylation is 6. The fourth-order valence-corrected chi connectivity index (χ4v) is 14.9. The molecule has 0 fully saturated rings. The number of esters is 2. The van der Waals surface area contributed by atoms with E-state index in [0.717, 1.165) is 33.4 Å². The molecule has 3 N–H and O–H groups in total. The molecule has 19 nitrogen and oxygen atoms in total. The third-order valence-corrected chi connectivity index (χ3v) is 19.2. The molecule has 0 saturated heterocycles. The molecule has 0 unspecified atom stereocenters. The number of carboxylic acid groups (broad SMARTS) is 1. The van der Waals surface area contributed by atoms with Crippen LogP contribution in [0.5, 0.6) is 0 Å². The predicted molar refractivity (Wildman–Crippen MR) is 323 cm³/mol. The Morgan fingerprint density at radius 2 is 0.786 bits per heavy atom. The molecule has 0 amide bonds. The highest BCUT2D eigenvalue weighted by Gasteiger charge is 2.30. The summed E-state index contributed by atoms with van der Waals surface area (Å²) in [7, 11) is 0.866. The molecular weight excluding hydrogens is 1220 g/mol. The van der Waals surface area contributed by atoms with Crippen LogP contribution in [0.15, 0.2) is 160 Å². The number of methoxy groups -OCH3 is 2. The standard InChI is InChI=1S/C20H19ClN2O4S.C19H17ClN2O4S.C14H13NO2.C5H6Cl2N2O2S/c1-13-18(19(21)23(2)22-13)28(25,26)12-16-11-15(14-7-5-4-6-8-14)9-10-17(16)20(24)27-3;1-12-17(18(20)22(2)21-12)27(25,26)11-15-10-14(8-9-16(15)19(23)24)13-6-4-3-5-7-13;1-17-14(16)12-8-7-11(9-13(12)15)10-5-3-2-4-6-10;1-3-4(12(7,10)11)5(6)9(2)8-3/h4-11H,12H2,1-3H3;3-10H,11H2,1-2H3,(H,23,24);2-9H,15H2,1H3;1-2H3. The Morgan fingerprint density at radius 3 is 1.08 bits per heavy atom. The molecule has 0 radical (unpaired) electrons. The molecule has 0 aliphatic carbocycles. The van der Waals surface area contributed by atoms with Crippen LogP contribution in [-0.4, -0.2) is 91.8 Å². The van der Waals surface area contributed by atoms with E-state index in [1.807, 2.05) is 97.1 Å². The van der Waals surface area contributed by atoms with Crippen LogP contribution in [-0.2, 0) is 70.8 Å². The van der Waals surface area contributed by atoms with Gasteiger partial charge in [-0.15, -0.1) is 0 Å². The summed E-state index contributed by atoms with van der Waals surface area (Å²) >= 11 is 17.9. The van der Waals surface area contributed by atoms with Crippen LogP contribution >= 0.6 is 45.5 Å². The van der Waals surface area contributed by atoms with Gasteiger partial charge in [-0.05, 0) is 102 Å². The summed E-state index contributed by atoms with van der Waals surface area (Å²) in [6.07, 6.45) is 0. The average molecular weight is 1280 g/mol. The zero-order valence-electron chi connectivity index (χ0n) is 46.2. The highest BCUT2D eigenvalue weighted by Crippen LogP contribution is 2.33.